The van der Waals surface area contributed by atoms with E-state index in [4.69, 9.17) is 14.3 Å². The predicted octanol–water partition coefficient (Wildman–Crippen LogP) is 7.44. The van der Waals surface area contributed by atoms with Gasteiger partial charge in [0.15, 0.2) is 8.32 Å². The number of carbonyl (C=O) groups excluding carboxylic acids is 1. The summed E-state index contributed by atoms with van der Waals surface area (Å²) in [6.07, 6.45) is 3.59. The highest BCUT2D eigenvalue weighted by Gasteiger charge is 2.41. The van der Waals surface area contributed by atoms with Gasteiger partial charge >= 0.3 is 5.97 Å². The first kappa shape index (κ1) is 27.4. The van der Waals surface area contributed by atoms with Gasteiger partial charge in [-0.2, -0.15) is 5.10 Å². The average molecular weight is 497 g/mol. The van der Waals surface area contributed by atoms with Crippen LogP contribution in [0.25, 0.3) is 5.57 Å². The lowest BCUT2D eigenvalue weighted by Gasteiger charge is -2.38. The van der Waals surface area contributed by atoms with E-state index in [1.165, 1.54) is 0 Å². The molecule has 0 spiro atoms. The van der Waals surface area contributed by atoms with E-state index in [-0.39, 0.29) is 29.6 Å². The summed E-state index contributed by atoms with van der Waals surface area (Å²) >= 11 is 0. The van der Waals surface area contributed by atoms with Gasteiger partial charge in [-0.1, -0.05) is 57.7 Å². The third-order valence-corrected chi connectivity index (χ3v) is 11.9. The van der Waals surface area contributed by atoms with Gasteiger partial charge in [0.05, 0.1) is 23.3 Å². The van der Waals surface area contributed by atoms with Gasteiger partial charge < -0.3 is 9.16 Å². The van der Waals surface area contributed by atoms with Crippen LogP contribution in [0.1, 0.15) is 90.1 Å². The van der Waals surface area contributed by atoms with Crippen LogP contribution >= 0.6 is 0 Å². The monoisotopic (exact) mass is 496 g/mol. The SMILES string of the molecule is C=C(CC(=O)OCc1ccccc1)c1cc([C@H]2CC[C@@H](O[Si](C)(C)C(C)(C)C)C2)nn1C(C)(C)C. The van der Waals surface area contributed by atoms with E-state index >= 15 is 0 Å². The molecule has 2 atom stereocenters. The van der Waals surface area contributed by atoms with Crippen LogP contribution in [0.4, 0.5) is 0 Å². The number of benzene rings is 1. The van der Waals surface area contributed by atoms with E-state index in [1.54, 1.807) is 0 Å². The summed E-state index contributed by atoms with van der Waals surface area (Å²) in [5.74, 6) is 0.0933. The van der Waals surface area contributed by atoms with Gasteiger partial charge in [0.25, 0.3) is 0 Å². The Bertz CT molecular complexity index is 1030. The molecule has 1 aliphatic carbocycles. The molecule has 1 heterocycles. The molecule has 192 valence electrons. The number of rotatable bonds is 8. The summed E-state index contributed by atoms with van der Waals surface area (Å²) in [6, 6.07) is 11.9. The van der Waals surface area contributed by atoms with Gasteiger partial charge in [0, 0.05) is 12.0 Å². The van der Waals surface area contributed by atoms with Crippen molar-refractivity contribution < 1.29 is 14.0 Å². The van der Waals surface area contributed by atoms with Crippen molar-refractivity contribution in [1.29, 1.82) is 0 Å². The Morgan fingerprint density at radius 1 is 1.11 bits per heavy atom. The molecule has 0 N–H and O–H groups in total. The van der Waals surface area contributed by atoms with E-state index in [0.717, 1.165) is 41.8 Å². The second-order valence-electron chi connectivity index (χ2n) is 12.5. The molecular weight excluding hydrogens is 452 g/mol. The molecule has 5 nitrogen and oxygen atoms in total. The molecule has 0 radical (unpaired) electrons. The smallest absolute Gasteiger partial charge is 0.310 e. The molecule has 6 heteroatoms. The molecule has 0 aliphatic heterocycles. The number of aromatic nitrogens is 2. The van der Waals surface area contributed by atoms with Crippen LogP contribution in [0.2, 0.25) is 18.1 Å². The Hall–Kier alpha value is -2.18. The molecule has 1 aromatic heterocycles. The summed E-state index contributed by atoms with van der Waals surface area (Å²) in [6.45, 7) is 22.4. The number of hydrogen-bond acceptors (Lipinski definition) is 4. The predicted molar refractivity (Wildman–Crippen MR) is 146 cm³/mol. The molecule has 3 rings (SSSR count). The van der Waals surface area contributed by atoms with Crippen LogP contribution < -0.4 is 0 Å². The molecule has 1 aliphatic rings. The number of hydrogen-bond donors (Lipinski definition) is 0. The molecular formula is C29H44N2O3Si. The molecule has 35 heavy (non-hydrogen) atoms. The first-order chi connectivity index (χ1) is 16.2. The first-order valence-corrected chi connectivity index (χ1v) is 15.7. The Balaban J connectivity index is 1.69. The lowest BCUT2D eigenvalue weighted by Crippen LogP contribution is -2.43. The van der Waals surface area contributed by atoms with Crippen LogP contribution in [0.3, 0.4) is 0 Å². The molecule has 1 saturated carbocycles. The average Bonchev–Trinajstić information content (AvgIpc) is 3.39. The zero-order chi connectivity index (χ0) is 26.0. The maximum absolute atomic E-state index is 12.6. The molecule has 1 fully saturated rings. The van der Waals surface area contributed by atoms with Gasteiger partial charge in [-0.3, -0.25) is 9.48 Å². The zero-order valence-electron chi connectivity index (χ0n) is 23.0. The fourth-order valence-electron chi connectivity index (χ4n) is 4.33. The van der Waals surface area contributed by atoms with E-state index in [0.29, 0.717) is 12.0 Å². The van der Waals surface area contributed by atoms with Crippen molar-refractivity contribution in [3.63, 3.8) is 0 Å². The Labute approximate surface area is 213 Å². The van der Waals surface area contributed by atoms with E-state index < -0.39 is 8.32 Å². The van der Waals surface area contributed by atoms with Crippen LogP contribution in [-0.4, -0.2) is 30.2 Å². The molecule has 0 amide bonds. The van der Waals surface area contributed by atoms with Crippen molar-refractivity contribution >= 4 is 19.9 Å². The molecule has 0 saturated heterocycles. The van der Waals surface area contributed by atoms with Crippen molar-refractivity contribution in [3.8, 4) is 0 Å². The Morgan fingerprint density at radius 2 is 1.77 bits per heavy atom. The fraction of sp³-hybridized carbons (Fsp3) is 0.586. The van der Waals surface area contributed by atoms with Gasteiger partial charge in [-0.25, -0.2) is 0 Å². The summed E-state index contributed by atoms with van der Waals surface area (Å²) < 4.78 is 14.2. The topological polar surface area (TPSA) is 53.4 Å². The summed E-state index contributed by atoms with van der Waals surface area (Å²) in [5, 5.41) is 5.23. The summed E-state index contributed by atoms with van der Waals surface area (Å²) in [5.41, 5.74) is 3.49. The standard InChI is InChI=1S/C29H44N2O3Si/c1-21(17-27(32)33-20-22-13-11-10-12-14-22)26-19-25(30-31(26)28(2,3)4)23-15-16-24(18-23)34-35(8,9)29(5,6)7/h10-14,19,23-24H,1,15-18,20H2,2-9H3/t23-,24+/m0/s1. The van der Waals surface area contributed by atoms with Crippen molar-refractivity contribution in [2.45, 2.75) is 110 Å². The summed E-state index contributed by atoms with van der Waals surface area (Å²) in [7, 11) is -1.80. The highest BCUT2D eigenvalue weighted by atomic mass is 28.4. The third kappa shape index (κ3) is 6.95. The highest BCUT2D eigenvalue weighted by molar-refractivity contribution is 6.74. The normalized spacial score (nSPS) is 19.1. The molecule has 1 aromatic carbocycles. The molecule has 0 bridgehead atoms. The van der Waals surface area contributed by atoms with Gasteiger partial charge in [-0.15, -0.1) is 0 Å². The Kier molecular flexibility index (Phi) is 8.17. The van der Waals surface area contributed by atoms with E-state index in [1.807, 2.05) is 35.0 Å². The lowest BCUT2D eigenvalue weighted by atomic mass is 10.0. The van der Waals surface area contributed by atoms with Gasteiger partial charge in [0.1, 0.15) is 6.61 Å². The molecule has 2 aromatic rings. The van der Waals surface area contributed by atoms with Crippen LogP contribution in [0.15, 0.2) is 43.0 Å². The van der Waals surface area contributed by atoms with Gasteiger partial charge in [-0.05, 0) is 75.4 Å². The zero-order valence-corrected chi connectivity index (χ0v) is 24.0. The van der Waals surface area contributed by atoms with Crippen molar-refractivity contribution in [1.82, 2.24) is 9.78 Å². The highest BCUT2D eigenvalue weighted by Crippen LogP contribution is 2.43. The van der Waals surface area contributed by atoms with Crippen LogP contribution in [0.5, 0.6) is 0 Å². The van der Waals surface area contributed by atoms with Crippen LogP contribution in [-0.2, 0) is 26.1 Å². The van der Waals surface area contributed by atoms with Crippen molar-refractivity contribution in [2.24, 2.45) is 0 Å². The maximum atomic E-state index is 12.6. The van der Waals surface area contributed by atoms with Crippen LogP contribution in [0, 0.1) is 0 Å². The first-order valence-electron chi connectivity index (χ1n) is 12.8. The van der Waals surface area contributed by atoms with Crippen molar-refractivity contribution in [2.75, 3.05) is 0 Å². The second-order valence-corrected chi connectivity index (χ2v) is 17.2. The maximum Gasteiger partial charge on any atom is 0.310 e. The van der Waals surface area contributed by atoms with Crippen molar-refractivity contribution in [3.05, 3.63) is 59.9 Å². The van der Waals surface area contributed by atoms with E-state index in [2.05, 4.69) is 67.3 Å². The largest absolute Gasteiger partial charge is 0.461 e. The lowest BCUT2D eigenvalue weighted by molar-refractivity contribution is -0.143. The molecule has 0 unspecified atom stereocenters. The van der Waals surface area contributed by atoms with Gasteiger partial charge in [0.2, 0.25) is 0 Å². The second kappa shape index (κ2) is 10.4. The Morgan fingerprint density at radius 3 is 2.37 bits per heavy atom. The minimum atomic E-state index is -1.80. The quantitative estimate of drug-likeness (QED) is 0.281. The third-order valence-electron chi connectivity index (χ3n) is 7.40. The minimum absolute atomic E-state index is 0.149. The number of ether oxygens (including phenoxy) is 1. The number of nitrogens with zero attached hydrogens (tertiary/aromatic N) is 2. The fourth-order valence-corrected chi connectivity index (χ4v) is 5.73. The summed E-state index contributed by atoms with van der Waals surface area (Å²) in [4.78, 5) is 12.6. The minimum Gasteiger partial charge on any atom is -0.461 e. The number of carbonyl (C=O) groups is 1. The number of esters is 1. The van der Waals surface area contributed by atoms with E-state index in [9.17, 15) is 4.79 Å².